The molecule has 0 spiro atoms. The van der Waals surface area contributed by atoms with E-state index in [1.54, 1.807) is 0 Å². The molecule has 0 atom stereocenters. The van der Waals surface area contributed by atoms with Gasteiger partial charge in [0.15, 0.2) is 0 Å². The zero-order valence-corrected chi connectivity index (χ0v) is 9.62. The molecule has 0 aromatic carbocycles. The molecule has 0 fully saturated rings. The first-order valence-corrected chi connectivity index (χ1v) is 4.90. The largest absolute Gasteiger partial charge is 0.540 e. The molecule has 0 aromatic rings. The van der Waals surface area contributed by atoms with Crippen molar-refractivity contribution in [1.29, 1.82) is 0 Å². The summed E-state index contributed by atoms with van der Waals surface area (Å²) >= 11 is 0. The van der Waals surface area contributed by atoms with Crippen LogP contribution in [0.4, 0.5) is 4.79 Å². The number of carbonyl (C=O) groups is 1. The Bertz CT molecular complexity index is 175. The van der Waals surface area contributed by atoms with Crippen molar-refractivity contribution in [2.24, 2.45) is 5.92 Å². The van der Waals surface area contributed by atoms with Crippen LogP contribution in [-0.2, 0) is 14.5 Å². The van der Waals surface area contributed by atoms with E-state index in [1.165, 1.54) is 0 Å². The van der Waals surface area contributed by atoms with Gasteiger partial charge in [-0.05, 0) is 26.2 Å². The summed E-state index contributed by atoms with van der Waals surface area (Å²) in [6.45, 7) is 9.86. The lowest BCUT2D eigenvalue weighted by atomic mass is 10.1. The summed E-state index contributed by atoms with van der Waals surface area (Å²) in [7, 11) is 0. The molecule has 0 aliphatic rings. The van der Waals surface area contributed by atoms with Crippen molar-refractivity contribution < 1.29 is 19.3 Å². The average Bonchev–Trinajstić information content (AvgIpc) is 2.11. The van der Waals surface area contributed by atoms with E-state index in [0.717, 1.165) is 6.42 Å². The van der Waals surface area contributed by atoms with E-state index >= 15 is 0 Å². The smallest absolute Gasteiger partial charge is 0.432 e. The minimum absolute atomic E-state index is 0.293. The highest BCUT2D eigenvalue weighted by Gasteiger charge is 2.20. The highest BCUT2D eigenvalue weighted by molar-refractivity contribution is 5.58. The Hall–Kier alpha value is -0.770. The number of hydrogen-bond acceptors (Lipinski definition) is 4. The van der Waals surface area contributed by atoms with Crippen molar-refractivity contribution in [1.82, 2.24) is 0 Å². The normalized spacial score (nSPS) is 11.6. The van der Waals surface area contributed by atoms with Crippen LogP contribution in [0.25, 0.3) is 0 Å². The quantitative estimate of drug-likeness (QED) is 0.392. The van der Waals surface area contributed by atoms with Crippen molar-refractivity contribution in [3.8, 4) is 0 Å². The van der Waals surface area contributed by atoms with Gasteiger partial charge in [-0.25, -0.2) is 4.79 Å². The molecule has 14 heavy (non-hydrogen) atoms. The van der Waals surface area contributed by atoms with Crippen LogP contribution in [0.3, 0.4) is 0 Å². The molecule has 0 aliphatic carbocycles. The van der Waals surface area contributed by atoms with Crippen molar-refractivity contribution in [2.45, 2.75) is 46.6 Å². The number of ether oxygens (including phenoxy) is 1. The lowest BCUT2D eigenvalue weighted by Gasteiger charge is -2.20. The van der Waals surface area contributed by atoms with Crippen molar-refractivity contribution in [3.63, 3.8) is 0 Å². The molecule has 84 valence electrons. The van der Waals surface area contributed by atoms with Crippen molar-refractivity contribution in [3.05, 3.63) is 0 Å². The first kappa shape index (κ1) is 13.2. The van der Waals surface area contributed by atoms with Gasteiger partial charge in [-0.3, -0.25) is 4.89 Å². The predicted octanol–water partition coefficient (Wildman–Crippen LogP) is 2.92. The van der Waals surface area contributed by atoms with E-state index in [4.69, 9.17) is 9.62 Å². The lowest BCUT2D eigenvalue weighted by molar-refractivity contribution is -0.317. The maximum atomic E-state index is 10.9. The Morgan fingerprint density at radius 1 is 1.36 bits per heavy atom. The highest BCUT2D eigenvalue weighted by Crippen LogP contribution is 2.14. The summed E-state index contributed by atoms with van der Waals surface area (Å²) < 4.78 is 4.76. The fourth-order valence-electron chi connectivity index (χ4n) is 0.465. The van der Waals surface area contributed by atoms with Crippen LogP contribution in [0.5, 0.6) is 0 Å². The van der Waals surface area contributed by atoms with Gasteiger partial charge in [0.1, 0.15) is 5.60 Å². The van der Waals surface area contributed by atoms with Crippen molar-refractivity contribution >= 4 is 6.16 Å². The molecule has 0 N–H and O–H groups in total. The van der Waals surface area contributed by atoms with Crippen LogP contribution in [0.15, 0.2) is 0 Å². The first-order valence-electron chi connectivity index (χ1n) is 4.90. The Kier molecular flexibility index (Phi) is 5.53. The van der Waals surface area contributed by atoms with Gasteiger partial charge in [-0.1, -0.05) is 20.8 Å². The Morgan fingerprint density at radius 2 is 1.93 bits per heavy atom. The van der Waals surface area contributed by atoms with Gasteiger partial charge in [0.05, 0.1) is 6.61 Å². The highest BCUT2D eigenvalue weighted by atomic mass is 17.2. The van der Waals surface area contributed by atoms with E-state index in [9.17, 15) is 4.79 Å². The van der Waals surface area contributed by atoms with Crippen LogP contribution >= 0.6 is 0 Å². The Morgan fingerprint density at radius 3 is 2.36 bits per heavy atom. The molecular formula is C10H20O4. The zero-order valence-electron chi connectivity index (χ0n) is 9.62. The van der Waals surface area contributed by atoms with Crippen LogP contribution in [0, 0.1) is 5.92 Å². The number of hydrogen-bond donors (Lipinski definition) is 0. The van der Waals surface area contributed by atoms with Crippen LogP contribution < -0.4 is 0 Å². The molecule has 0 radical (unpaired) electrons. The summed E-state index contributed by atoms with van der Waals surface area (Å²) in [5.41, 5.74) is -0.461. The topological polar surface area (TPSA) is 44.8 Å². The number of rotatable bonds is 5. The molecular weight excluding hydrogens is 184 g/mol. The molecule has 0 aliphatic heterocycles. The molecule has 0 amide bonds. The zero-order chi connectivity index (χ0) is 11.2. The second-order valence-corrected chi connectivity index (χ2v) is 4.23. The van der Waals surface area contributed by atoms with Gasteiger partial charge in [0.2, 0.25) is 0 Å². The first-order chi connectivity index (χ1) is 6.37. The van der Waals surface area contributed by atoms with Crippen LogP contribution in [0.1, 0.15) is 41.0 Å². The molecule has 4 nitrogen and oxygen atoms in total. The predicted molar refractivity (Wildman–Crippen MR) is 52.7 cm³/mol. The van der Waals surface area contributed by atoms with E-state index in [-0.39, 0.29) is 0 Å². The molecule has 0 saturated heterocycles. The molecule has 4 heteroatoms. The third-order valence-electron chi connectivity index (χ3n) is 1.72. The fourth-order valence-corrected chi connectivity index (χ4v) is 0.465. The van der Waals surface area contributed by atoms with Gasteiger partial charge in [0.25, 0.3) is 0 Å². The molecule has 0 bridgehead atoms. The molecule has 0 heterocycles. The minimum Gasteiger partial charge on any atom is -0.432 e. The summed E-state index contributed by atoms with van der Waals surface area (Å²) in [6.07, 6.45) is -0.0231. The van der Waals surface area contributed by atoms with E-state index in [1.807, 2.05) is 34.6 Å². The third kappa shape index (κ3) is 6.71. The Balaban J connectivity index is 3.64. The summed E-state index contributed by atoms with van der Waals surface area (Å²) in [4.78, 5) is 20.3. The summed E-state index contributed by atoms with van der Waals surface area (Å²) in [5.74, 6) is 0.293. The maximum Gasteiger partial charge on any atom is 0.540 e. The fraction of sp³-hybridized carbons (Fsp3) is 0.900. The third-order valence-corrected chi connectivity index (χ3v) is 1.72. The Labute approximate surface area is 85.5 Å². The summed E-state index contributed by atoms with van der Waals surface area (Å²) in [6, 6.07) is 0. The second kappa shape index (κ2) is 5.86. The molecule has 0 aromatic heterocycles. The monoisotopic (exact) mass is 204 g/mol. The second-order valence-electron chi connectivity index (χ2n) is 4.23. The van der Waals surface area contributed by atoms with Gasteiger partial charge < -0.3 is 4.74 Å². The van der Waals surface area contributed by atoms with Crippen molar-refractivity contribution in [2.75, 3.05) is 6.61 Å². The standard InChI is InChI=1S/C10H20O4/c1-6-10(4,5)14-13-9(11)12-7-8(2)3/h8H,6-7H2,1-5H3. The lowest BCUT2D eigenvalue weighted by Crippen LogP contribution is -2.25. The minimum atomic E-state index is -0.778. The summed E-state index contributed by atoms with van der Waals surface area (Å²) in [5, 5.41) is 0. The van der Waals surface area contributed by atoms with Crippen LogP contribution in [0.2, 0.25) is 0 Å². The molecule has 0 rings (SSSR count). The van der Waals surface area contributed by atoms with Gasteiger partial charge in [-0.2, -0.15) is 4.89 Å². The maximum absolute atomic E-state index is 10.9. The average molecular weight is 204 g/mol. The SMILES string of the molecule is CCC(C)(C)OOC(=O)OCC(C)C. The van der Waals surface area contributed by atoms with Gasteiger partial charge in [0, 0.05) is 0 Å². The molecule has 0 saturated carbocycles. The van der Waals surface area contributed by atoms with E-state index in [2.05, 4.69) is 4.89 Å². The van der Waals surface area contributed by atoms with Crippen LogP contribution in [-0.4, -0.2) is 18.4 Å². The van der Waals surface area contributed by atoms with E-state index in [0.29, 0.717) is 12.5 Å². The van der Waals surface area contributed by atoms with E-state index < -0.39 is 11.8 Å². The van der Waals surface area contributed by atoms with Gasteiger partial charge in [-0.15, -0.1) is 0 Å². The molecule has 0 unspecified atom stereocenters. The van der Waals surface area contributed by atoms with Gasteiger partial charge >= 0.3 is 6.16 Å². The number of carbonyl (C=O) groups excluding carboxylic acids is 1.